The molecule has 0 saturated heterocycles. The second kappa shape index (κ2) is 6.69. The summed E-state index contributed by atoms with van der Waals surface area (Å²) < 4.78 is 13.3. The molecule has 0 unspecified atom stereocenters. The monoisotopic (exact) mass is 370 g/mol. The molecular weight excluding hydrogens is 363 g/mol. The molecule has 0 saturated carbocycles. The molecule has 2 rings (SSSR count). The number of nitrogens with one attached hydrogen (secondary N) is 1. The van der Waals surface area contributed by atoms with Gasteiger partial charge in [-0.1, -0.05) is 11.6 Å². The summed E-state index contributed by atoms with van der Waals surface area (Å²) in [5.74, 6) is -1.29. The molecule has 0 fully saturated rings. The van der Waals surface area contributed by atoms with Crippen molar-refractivity contribution >= 4 is 39.7 Å². The van der Waals surface area contributed by atoms with E-state index in [0.29, 0.717) is 10.6 Å². The van der Waals surface area contributed by atoms with E-state index >= 15 is 0 Å². The fourth-order valence-electron chi connectivity index (χ4n) is 1.48. The number of rotatable bonds is 3. The number of carbonyl (C=O) groups excluding carboxylic acids is 1. The lowest BCUT2D eigenvalue weighted by atomic mass is 10.2. The number of hydrogen-bond acceptors (Lipinski definition) is 3. The number of hydrazone groups is 1. The predicted molar refractivity (Wildman–Crippen MR) is 82.3 cm³/mol. The molecule has 0 atom stereocenters. The summed E-state index contributed by atoms with van der Waals surface area (Å²) in [5, 5.41) is 13.8. The number of phenols is 1. The molecule has 2 aromatic carbocycles. The Morgan fingerprint density at radius 2 is 2.00 bits per heavy atom. The van der Waals surface area contributed by atoms with Gasteiger partial charge in [-0.3, -0.25) is 4.79 Å². The minimum atomic E-state index is -0.588. The van der Waals surface area contributed by atoms with Gasteiger partial charge in [-0.25, -0.2) is 9.82 Å². The van der Waals surface area contributed by atoms with E-state index in [9.17, 15) is 14.3 Å². The lowest BCUT2D eigenvalue weighted by Gasteiger charge is -2.02. The number of carbonyl (C=O) groups is 1. The lowest BCUT2D eigenvalue weighted by Crippen LogP contribution is -2.17. The van der Waals surface area contributed by atoms with Crippen LogP contribution in [0.2, 0.25) is 5.02 Å². The van der Waals surface area contributed by atoms with Crippen LogP contribution in [0.4, 0.5) is 4.39 Å². The molecule has 0 radical (unpaired) electrons. The number of nitrogens with zero attached hydrogens (tertiary/aromatic N) is 1. The van der Waals surface area contributed by atoms with Gasteiger partial charge in [-0.2, -0.15) is 5.10 Å². The van der Waals surface area contributed by atoms with Gasteiger partial charge in [-0.05, 0) is 46.3 Å². The van der Waals surface area contributed by atoms with E-state index < -0.39 is 11.7 Å². The molecule has 21 heavy (non-hydrogen) atoms. The molecule has 0 aliphatic heterocycles. The molecule has 0 bridgehead atoms. The Morgan fingerprint density at radius 3 is 2.67 bits per heavy atom. The Hall–Kier alpha value is -1.92. The van der Waals surface area contributed by atoms with Gasteiger partial charge in [0.05, 0.1) is 10.7 Å². The highest BCUT2D eigenvalue weighted by molar-refractivity contribution is 9.10. The van der Waals surface area contributed by atoms with Gasteiger partial charge in [-0.15, -0.1) is 0 Å². The van der Waals surface area contributed by atoms with Gasteiger partial charge < -0.3 is 5.11 Å². The zero-order valence-electron chi connectivity index (χ0n) is 10.5. The van der Waals surface area contributed by atoms with E-state index in [4.69, 9.17) is 11.6 Å². The minimum absolute atomic E-state index is 0.186. The Kier molecular flexibility index (Phi) is 4.93. The van der Waals surface area contributed by atoms with Crippen LogP contribution in [0.15, 0.2) is 46.0 Å². The third-order valence-corrected chi connectivity index (χ3v) is 3.41. The largest absolute Gasteiger partial charge is 0.507 e. The first-order chi connectivity index (χ1) is 9.97. The molecule has 2 N–H and O–H groups in total. The van der Waals surface area contributed by atoms with Crippen molar-refractivity contribution in [1.29, 1.82) is 0 Å². The van der Waals surface area contributed by atoms with Crippen LogP contribution in [0, 0.1) is 5.82 Å². The summed E-state index contributed by atoms with van der Waals surface area (Å²) in [4.78, 5) is 11.8. The van der Waals surface area contributed by atoms with Crippen molar-refractivity contribution in [2.45, 2.75) is 0 Å². The molecule has 2 aromatic rings. The van der Waals surface area contributed by atoms with Crippen LogP contribution in [-0.4, -0.2) is 17.2 Å². The number of amides is 1. The summed E-state index contributed by atoms with van der Waals surface area (Å²) in [6, 6.07) is 8.58. The van der Waals surface area contributed by atoms with Crippen LogP contribution in [-0.2, 0) is 0 Å². The summed E-state index contributed by atoms with van der Waals surface area (Å²) in [7, 11) is 0. The van der Waals surface area contributed by atoms with E-state index in [1.54, 1.807) is 24.3 Å². The molecule has 0 spiro atoms. The van der Waals surface area contributed by atoms with Gasteiger partial charge >= 0.3 is 0 Å². The van der Waals surface area contributed by atoms with Gasteiger partial charge in [0.2, 0.25) is 0 Å². The summed E-state index contributed by atoms with van der Waals surface area (Å²) in [6.45, 7) is 0. The Labute approximate surface area is 133 Å². The molecule has 0 heterocycles. The van der Waals surface area contributed by atoms with Crippen molar-refractivity contribution in [3.8, 4) is 5.75 Å². The van der Waals surface area contributed by atoms with E-state index in [0.717, 1.165) is 6.07 Å². The average Bonchev–Trinajstić information content (AvgIpc) is 2.45. The molecule has 7 heteroatoms. The number of phenolic OH excluding ortho intramolecular Hbond substituents is 1. The van der Waals surface area contributed by atoms with Crippen LogP contribution in [0.5, 0.6) is 5.75 Å². The van der Waals surface area contributed by atoms with Crippen LogP contribution in [0.1, 0.15) is 15.9 Å². The van der Waals surface area contributed by atoms with Crippen LogP contribution >= 0.6 is 27.5 Å². The number of hydrogen-bond donors (Lipinski definition) is 2. The quantitative estimate of drug-likeness (QED) is 0.638. The smallest absolute Gasteiger partial charge is 0.271 e. The van der Waals surface area contributed by atoms with Crippen molar-refractivity contribution in [2.24, 2.45) is 5.10 Å². The average molecular weight is 372 g/mol. The highest BCUT2D eigenvalue weighted by Crippen LogP contribution is 2.24. The molecule has 108 valence electrons. The molecule has 0 aliphatic rings. The predicted octanol–water partition coefficient (Wildman–Crippen LogP) is 3.71. The highest BCUT2D eigenvalue weighted by Gasteiger charge is 2.06. The number of aromatic hydroxyl groups is 1. The zero-order chi connectivity index (χ0) is 15.4. The molecule has 0 aliphatic carbocycles. The SMILES string of the molecule is O=C(NN=Cc1cc(Br)c(F)cc1O)c1ccc(Cl)cc1. The Morgan fingerprint density at radius 1 is 1.33 bits per heavy atom. The first-order valence-corrected chi connectivity index (χ1v) is 6.91. The second-order valence-electron chi connectivity index (χ2n) is 4.03. The van der Waals surface area contributed by atoms with Gasteiger partial charge in [0.25, 0.3) is 5.91 Å². The van der Waals surface area contributed by atoms with Crippen molar-refractivity contribution in [1.82, 2.24) is 5.43 Å². The number of halogens is 3. The van der Waals surface area contributed by atoms with Gasteiger partial charge in [0.1, 0.15) is 11.6 Å². The van der Waals surface area contributed by atoms with Crippen molar-refractivity contribution in [3.63, 3.8) is 0 Å². The van der Waals surface area contributed by atoms with Crippen LogP contribution in [0.25, 0.3) is 0 Å². The maximum atomic E-state index is 13.1. The maximum Gasteiger partial charge on any atom is 0.271 e. The molecular formula is C14H9BrClFN2O2. The van der Waals surface area contributed by atoms with Crippen molar-refractivity contribution < 1.29 is 14.3 Å². The van der Waals surface area contributed by atoms with Crippen LogP contribution < -0.4 is 5.43 Å². The standard InChI is InChI=1S/C14H9BrClFN2O2/c15-11-5-9(13(20)6-12(11)17)7-18-19-14(21)8-1-3-10(16)4-2-8/h1-7,20H,(H,19,21). The topological polar surface area (TPSA) is 61.7 Å². The fourth-order valence-corrected chi connectivity index (χ4v) is 1.97. The fraction of sp³-hybridized carbons (Fsp3) is 0. The lowest BCUT2D eigenvalue weighted by molar-refractivity contribution is 0.0955. The first kappa shape index (κ1) is 15.5. The van der Waals surface area contributed by atoms with E-state index in [1.165, 1.54) is 12.3 Å². The van der Waals surface area contributed by atoms with E-state index in [1.807, 2.05) is 0 Å². The zero-order valence-corrected chi connectivity index (χ0v) is 12.8. The summed E-state index contributed by atoms with van der Waals surface area (Å²) in [5.41, 5.74) is 2.95. The summed E-state index contributed by atoms with van der Waals surface area (Å²) in [6.07, 6.45) is 1.22. The maximum absolute atomic E-state index is 13.1. The second-order valence-corrected chi connectivity index (χ2v) is 5.32. The molecule has 4 nitrogen and oxygen atoms in total. The van der Waals surface area contributed by atoms with Crippen molar-refractivity contribution in [3.05, 3.63) is 62.8 Å². The van der Waals surface area contributed by atoms with Gasteiger partial charge in [0, 0.05) is 22.2 Å². The summed E-state index contributed by atoms with van der Waals surface area (Å²) >= 11 is 8.72. The molecule has 1 amide bonds. The molecule has 0 aromatic heterocycles. The number of benzene rings is 2. The Bertz CT molecular complexity index is 705. The first-order valence-electron chi connectivity index (χ1n) is 5.74. The van der Waals surface area contributed by atoms with Gasteiger partial charge in [0.15, 0.2) is 0 Å². The van der Waals surface area contributed by atoms with Crippen molar-refractivity contribution in [2.75, 3.05) is 0 Å². The Balaban J connectivity index is 2.07. The van der Waals surface area contributed by atoms with Crippen LogP contribution in [0.3, 0.4) is 0 Å². The highest BCUT2D eigenvalue weighted by atomic mass is 79.9. The normalized spacial score (nSPS) is 10.8. The van der Waals surface area contributed by atoms with E-state index in [-0.39, 0.29) is 15.8 Å². The third kappa shape index (κ3) is 4.03. The minimum Gasteiger partial charge on any atom is -0.507 e. The van der Waals surface area contributed by atoms with E-state index in [2.05, 4.69) is 26.5 Å². The third-order valence-electron chi connectivity index (χ3n) is 2.55.